The predicted octanol–water partition coefficient (Wildman–Crippen LogP) is 0.592. The van der Waals surface area contributed by atoms with Crippen LogP contribution in [-0.2, 0) is 4.79 Å². The van der Waals surface area contributed by atoms with Crippen molar-refractivity contribution in [3.8, 4) is 0 Å². The van der Waals surface area contributed by atoms with E-state index >= 15 is 0 Å². The summed E-state index contributed by atoms with van der Waals surface area (Å²) >= 11 is 0. The maximum absolute atomic E-state index is 10.9. The van der Waals surface area contributed by atoms with Crippen LogP contribution in [-0.4, -0.2) is 29.9 Å². The van der Waals surface area contributed by atoms with Crippen LogP contribution in [0.4, 0.5) is 0 Å². The van der Waals surface area contributed by atoms with Gasteiger partial charge < -0.3 is 10.6 Å². The molecule has 0 aliphatic carbocycles. The Morgan fingerprint density at radius 3 is 2.75 bits per heavy atom. The summed E-state index contributed by atoms with van der Waals surface area (Å²) in [6, 6.07) is 0.534. The number of likely N-dealkylation sites (tertiary alicyclic amines) is 1. The van der Waals surface area contributed by atoms with Crippen LogP contribution in [0.25, 0.3) is 0 Å². The van der Waals surface area contributed by atoms with Gasteiger partial charge in [-0.25, -0.2) is 0 Å². The van der Waals surface area contributed by atoms with E-state index in [4.69, 9.17) is 5.73 Å². The lowest BCUT2D eigenvalue weighted by Gasteiger charge is -2.33. The maximum atomic E-state index is 10.9. The van der Waals surface area contributed by atoms with Gasteiger partial charge in [0.15, 0.2) is 0 Å². The molecule has 0 bridgehead atoms. The first-order valence-electron chi connectivity index (χ1n) is 4.64. The highest BCUT2D eigenvalue weighted by Crippen LogP contribution is 2.17. The lowest BCUT2D eigenvalue weighted by Crippen LogP contribution is -2.44. The Morgan fingerprint density at radius 2 is 2.25 bits per heavy atom. The molecule has 1 rings (SSSR count). The van der Waals surface area contributed by atoms with Crippen molar-refractivity contribution < 1.29 is 4.79 Å². The van der Waals surface area contributed by atoms with E-state index in [-0.39, 0.29) is 11.8 Å². The van der Waals surface area contributed by atoms with Gasteiger partial charge in [-0.3, -0.25) is 4.79 Å². The van der Waals surface area contributed by atoms with Crippen LogP contribution < -0.4 is 5.73 Å². The van der Waals surface area contributed by atoms with Gasteiger partial charge in [0, 0.05) is 12.6 Å². The summed E-state index contributed by atoms with van der Waals surface area (Å²) in [5, 5.41) is 0. The Morgan fingerprint density at radius 1 is 1.58 bits per heavy atom. The normalized spacial score (nSPS) is 26.1. The van der Waals surface area contributed by atoms with Gasteiger partial charge in [-0.2, -0.15) is 0 Å². The third-order valence-corrected chi connectivity index (χ3v) is 2.59. The van der Waals surface area contributed by atoms with Gasteiger partial charge in [0.05, 0.1) is 5.92 Å². The first kappa shape index (κ1) is 9.52. The van der Waals surface area contributed by atoms with E-state index < -0.39 is 0 Å². The predicted molar refractivity (Wildman–Crippen MR) is 48.6 cm³/mol. The number of rotatable bonds is 2. The molecule has 0 aromatic heterocycles. The summed E-state index contributed by atoms with van der Waals surface area (Å²) in [5.41, 5.74) is 5.26. The minimum Gasteiger partial charge on any atom is -0.369 e. The summed E-state index contributed by atoms with van der Waals surface area (Å²) in [6.07, 6.45) is 2.07. The van der Waals surface area contributed by atoms with Crippen LogP contribution in [0.3, 0.4) is 0 Å². The molecular weight excluding hydrogens is 152 g/mol. The molecule has 1 fully saturated rings. The fourth-order valence-electron chi connectivity index (χ4n) is 1.71. The lowest BCUT2D eigenvalue weighted by molar-refractivity contribution is -0.123. The van der Waals surface area contributed by atoms with Crippen molar-refractivity contribution in [3.63, 3.8) is 0 Å². The second kappa shape index (κ2) is 3.90. The molecule has 12 heavy (non-hydrogen) atoms. The summed E-state index contributed by atoms with van der Waals surface area (Å²) in [7, 11) is 0. The number of nitrogens with two attached hydrogens (primary N) is 1. The minimum absolute atomic E-state index is 0.0844. The summed E-state index contributed by atoms with van der Waals surface area (Å²) in [5.74, 6) is -0.0542. The second-order valence-corrected chi connectivity index (χ2v) is 3.83. The number of primary amides is 1. The number of carbonyl (C=O) groups excluding carboxylic acids is 1. The van der Waals surface area contributed by atoms with E-state index in [0.29, 0.717) is 6.04 Å². The van der Waals surface area contributed by atoms with Gasteiger partial charge in [-0.15, -0.1) is 0 Å². The first-order valence-corrected chi connectivity index (χ1v) is 4.64. The van der Waals surface area contributed by atoms with E-state index in [1.54, 1.807) is 0 Å². The highest BCUT2D eigenvalue weighted by atomic mass is 16.1. The molecule has 70 valence electrons. The highest BCUT2D eigenvalue weighted by molar-refractivity contribution is 5.76. The zero-order valence-electron chi connectivity index (χ0n) is 7.92. The van der Waals surface area contributed by atoms with Crippen LogP contribution in [0.5, 0.6) is 0 Å². The number of amides is 1. The van der Waals surface area contributed by atoms with Crippen molar-refractivity contribution in [1.82, 2.24) is 4.90 Å². The Kier molecular flexibility index (Phi) is 3.09. The molecule has 0 aromatic rings. The van der Waals surface area contributed by atoms with Gasteiger partial charge in [0.2, 0.25) is 5.91 Å². The van der Waals surface area contributed by atoms with E-state index in [2.05, 4.69) is 18.7 Å². The summed E-state index contributed by atoms with van der Waals surface area (Å²) in [4.78, 5) is 13.2. The van der Waals surface area contributed by atoms with Gasteiger partial charge in [0.1, 0.15) is 0 Å². The molecule has 1 saturated heterocycles. The van der Waals surface area contributed by atoms with E-state index in [1.165, 1.54) is 0 Å². The van der Waals surface area contributed by atoms with Gasteiger partial charge in [0.25, 0.3) is 0 Å². The van der Waals surface area contributed by atoms with Crippen molar-refractivity contribution in [2.24, 2.45) is 11.7 Å². The average molecular weight is 170 g/mol. The van der Waals surface area contributed by atoms with Gasteiger partial charge in [-0.1, -0.05) is 0 Å². The molecule has 0 unspecified atom stereocenters. The third-order valence-electron chi connectivity index (χ3n) is 2.59. The maximum Gasteiger partial charge on any atom is 0.221 e. The number of piperidine rings is 1. The van der Waals surface area contributed by atoms with Crippen LogP contribution in [0.15, 0.2) is 0 Å². The number of carbonyl (C=O) groups is 1. The summed E-state index contributed by atoms with van der Waals surface area (Å²) in [6.45, 7) is 6.28. The Hall–Kier alpha value is -0.570. The lowest BCUT2D eigenvalue weighted by atomic mass is 9.96. The standard InChI is InChI=1S/C9H18N2O/c1-7(2)11-5-3-4-8(6-11)9(10)12/h7-8H,3-6H2,1-2H3,(H2,10,12)/t8-/m1/s1. The van der Waals surface area contributed by atoms with Crippen LogP contribution >= 0.6 is 0 Å². The van der Waals surface area contributed by atoms with Gasteiger partial charge in [-0.05, 0) is 33.2 Å². The van der Waals surface area contributed by atoms with Crippen LogP contribution in [0.2, 0.25) is 0 Å². The third kappa shape index (κ3) is 2.21. The molecule has 0 saturated carbocycles. The van der Waals surface area contributed by atoms with E-state index in [0.717, 1.165) is 25.9 Å². The second-order valence-electron chi connectivity index (χ2n) is 3.83. The Bertz CT molecular complexity index is 168. The minimum atomic E-state index is -0.139. The molecule has 1 aliphatic heterocycles. The first-order chi connectivity index (χ1) is 5.61. The van der Waals surface area contributed by atoms with Crippen LogP contribution in [0, 0.1) is 5.92 Å². The fraction of sp³-hybridized carbons (Fsp3) is 0.889. The molecule has 1 atom stereocenters. The molecule has 3 heteroatoms. The SMILES string of the molecule is CC(C)N1CCC[C@@H](C(N)=O)C1. The zero-order valence-corrected chi connectivity index (χ0v) is 7.92. The topological polar surface area (TPSA) is 46.3 Å². The summed E-state index contributed by atoms with van der Waals surface area (Å²) < 4.78 is 0. The molecular formula is C9H18N2O. The number of hydrogen-bond donors (Lipinski definition) is 1. The van der Waals surface area contributed by atoms with Gasteiger partial charge >= 0.3 is 0 Å². The van der Waals surface area contributed by atoms with E-state index in [1.807, 2.05) is 0 Å². The molecule has 2 N–H and O–H groups in total. The number of hydrogen-bond acceptors (Lipinski definition) is 2. The van der Waals surface area contributed by atoms with Crippen molar-refractivity contribution in [2.75, 3.05) is 13.1 Å². The molecule has 1 aliphatic rings. The molecule has 3 nitrogen and oxygen atoms in total. The monoisotopic (exact) mass is 170 g/mol. The Balaban J connectivity index is 2.46. The van der Waals surface area contributed by atoms with Crippen LogP contribution in [0.1, 0.15) is 26.7 Å². The smallest absolute Gasteiger partial charge is 0.221 e. The average Bonchev–Trinajstić information content (AvgIpc) is 2.04. The van der Waals surface area contributed by atoms with E-state index in [9.17, 15) is 4.79 Å². The largest absolute Gasteiger partial charge is 0.369 e. The fourth-order valence-corrected chi connectivity index (χ4v) is 1.71. The van der Waals surface area contributed by atoms with Crippen molar-refractivity contribution in [2.45, 2.75) is 32.7 Å². The van der Waals surface area contributed by atoms with Crippen molar-refractivity contribution in [1.29, 1.82) is 0 Å². The molecule has 1 heterocycles. The molecule has 1 amide bonds. The number of nitrogens with zero attached hydrogens (tertiary/aromatic N) is 1. The molecule has 0 spiro atoms. The zero-order chi connectivity index (χ0) is 9.14. The molecule has 0 aromatic carbocycles. The van der Waals surface area contributed by atoms with Crippen molar-refractivity contribution >= 4 is 5.91 Å². The quantitative estimate of drug-likeness (QED) is 0.659. The van der Waals surface area contributed by atoms with Crippen molar-refractivity contribution in [3.05, 3.63) is 0 Å². The highest BCUT2D eigenvalue weighted by Gasteiger charge is 2.24. The molecule has 0 radical (unpaired) electrons. The Labute approximate surface area is 73.9 Å².